The third-order valence-corrected chi connectivity index (χ3v) is 2.79. The van der Waals surface area contributed by atoms with E-state index in [1.54, 1.807) is 4.90 Å². The van der Waals surface area contributed by atoms with E-state index < -0.39 is 12.1 Å². The quantitative estimate of drug-likeness (QED) is 0.557. The van der Waals surface area contributed by atoms with E-state index in [9.17, 15) is 14.4 Å². The number of primary amides is 1. The van der Waals surface area contributed by atoms with Gasteiger partial charge >= 0.3 is 18.1 Å². The highest BCUT2D eigenvalue weighted by atomic mass is 16.5. The Morgan fingerprint density at radius 2 is 1.95 bits per heavy atom. The van der Waals surface area contributed by atoms with Gasteiger partial charge in [0, 0.05) is 13.1 Å². The Labute approximate surface area is 116 Å². The zero-order valence-corrected chi connectivity index (χ0v) is 11.0. The number of hydrogen-bond donors (Lipinski definition) is 3. The van der Waals surface area contributed by atoms with Crippen LogP contribution in [-0.2, 0) is 14.3 Å². The van der Waals surface area contributed by atoms with E-state index in [4.69, 9.17) is 15.6 Å². The Balaban J connectivity index is 2.15. The van der Waals surface area contributed by atoms with Crippen molar-refractivity contribution < 1.29 is 29.0 Å². The van der Waals surface area contributed by atoms with Crippen LogP contribution in [0.4, 0.5) is 9.59 Å². The number of ether oxygens (including phenoxy) is 2. The lowest BCUT2D eigenvalue weighted by molar-refractivity contribution is -0.145. The first-order valence-corrected chi connectivity index (χ1v) is 6.27. The minimum absolute atomic E-state index is 0.0270. The van der Waals surface area contributed by atoms with Gasteiger partial charge in [-0.3, -0.25) is 0 Å². The van der Waals surface area contributed by atoms with E-state index in [2.05, 4.69) is 10.1 Å². The maximum atomic E-state index is 11.7. The molecule has 1 saturated heterocycles. The molecule has 3 amide bonds. The fourth-order valence-electron chi connectivity index (χ4n) is 1.84. The van der Waals surface area contributed by atoms with Crippen molar-refractivity contribution in [1.29, 1.82) is 0 Å². The number of carboxylic acid groups (broad SMARTS) is 1. The summed E-state index contributed by atoms with van der Waals surface area (Å²) in [5.74, 6) is -1.00. The van der Waals surface area contributed by atoms with Crippen LogP contribution >= 0.6 is 0 Å². The second-order valence-corrected chi connectivity index (χ2v) is 4.29. The first kappa shape index (κ1) is 16.0. The molecule has 0 aromatic rings. The van der Waals surface area contributed by atoms with Gasteiger partial charge in [-0.1, -0.05) is 0 Å². The number of piperidine rings is 1. The standard InChI is InChI=1S/C11H19N3O6/c12-10(17)19-6-3-13-11(18)14-4-1-8(2-5-14)20-7-9(15)16/h8H,1-7H2,(H2,12,17)(H,13,18)(H,15,16). The number of carbonyl (C=O) groups is 3. The molecule has 1 heterocycles. The average Bonchev–Trinajstić information content (AvgIpc) is 2.41. The van der Waals surface area contributed by atoms with Crippen molar-refractivity contribution >= 4 is 18.1 Å². The molecule has 1 rings (SSSR count). The number of carbonyl (C=O) groups excluding carboxylic acids is 2. The number of hydrogen-bond acceptors (Lipinski definition) is 5. The number of urea groups is 1. The summed E-state index contributed by atoms with van der Waals surface area (Å²) in [6.45, 7) is 0.886. The molecule has 9 nitrogen and oxygen atoms in total. The number of nitrogens with two attached hydrogens (primary N) is 1. The fourth-order valence-corrected chi connectivity index (χ4v) is 1.84. The van der Waals surface area contributed by atoms with Crippen molar-refractivity contribution in [3.05, 3.63) is 0 Å². The number of amides is 3. The van der Waals surface area contributed by atoms with Crippen molar-refractivity contribution in [3.63, 3.8) is 0 Å². The molecule has 9 heteroatoms. The van der Waals surface area contributed by atoms with E-state index >= 15 is 0 Å². The zero-order chi connectivity index (χ0) is 15.0. The molecule has 4 N–H and O–H groups in total. The molecule has 1 aliphatic heterocycles. The summed E-state index contributed by atoms with van der Waals surface area (Å²) in [7, 11) is 0. The number of nitrogens with zero attached hydrogens (tertiary/aromatic N) is 1. The van der Waals surface area contributed by atoms with Gasteiger partial charge in [-0.15, -0.1) is 0 Å². The topological polar surface area (TPSA) is 131 Å². The molecule has 0 bridgehead atoms. The Hall–Kier alpha value is -2.03. The first-order chi connectivity index (χ1) is 9.49. The van der Waals surface area contributed by atoms with Crippen molar-refractivity contribution in [2.45, 2.75) is 18.9 Å². The van der Waals surface area contributed by atoms with Crippen molar-refractivity contribution in [3.8, 4) is 0 Å². The molecule has 0 atom stereocenters. The molecule has 0 aromatic carbocycles. The van der Waals surface area contributed by atoms with Crippen LogP contribution in [0.25, 0.3) is 0 Å². The number of carboxylic acids is 1. The van der Waals surface area contributed by atoms with E-state index in [1.807, 2.05) is 0 Å². The summed E-state index contributed by atoms with van der Waals surface area (Å²) in [5.41, 5.74) is 4.78. The average molecular weight is 289 g/mol. The van der Waals surface area contributed by atoms with Crippen LogP contribution in [0.1, 0.15) is 12.8 Å². The molecule has 0 unspecified atom stereocenters. The van der Waals surface area contributed by atoms with Gasteiger partial charge in [0.2, 0.25) is 0 Å². The van der Waals surface area contributed by atoms with Crippen LogP contribution in [0.2, 0.25) is 0 Å². The van der Waals surface area contributed by atoms with E-state index in [0.717, 1.165) is 0 Å². The van der Waals surface area contributed by atoms with E-state index in [0.29, 0.717) is 25.9 Å². The Kier molecular flexibility index (Phi) is 6.57. The second kappa shape index (κ2) is 8.20. The molecule has 1 fully saturated rings. The predicted octanol–water partition coefficient (Wildman–Crippen LogP) is -0.643. The van der Waals surface area contributed by atoms with Crippen molar-refractivity contribution in [2.75, 3.05) is 32.8 Å². The summed E-state index contributed by atoms with van der Waals surface area (Å²) in [6, 6.07) is -0.255. The van der Waals surface area contributed by atoms with Crippen molar-refractivity contribution in [2.24, 2.45) is 5.73 Å². The lowest BCUT2D eigenvalue weighted by Crippen LogP contribution is -2.46. The van der Waals surface area contributed by atoms with Gasteiger partial charge in [0.1, 0.15) is 13.2 Å². The minimum Gasteiger partial charge on any atom is -0.480 e. The van der Waals surface area contributed by atoms with E-state index in [-0.39, 0.29) is 31.9 Å². The van der Waals surface area contributed by atoms with Gasteiger partial charge < -0.3 is 30.5 Å². The van der Waals surface area contributed by atoms with Gasteiger partial charge in [0.05, 0.1) is 12.6 Å². The Morgan fingerprint density at radius 1 is 1.30 bits per heavy atom. The fraction of sp³-hybridized carbons (Fsp3) is 0.727. The van der Waals surface area contributed by atoms with E-state index in [1.165, 1.54) is 0 Å². The van der Waals surface area contributed by atoms with Gasteiger partial charge in [0.25, 0.3) is 0 Å². The maximum absolute atomic E-state index is 11.7. The van der Waals surface area contributed by atoms with Crippen molar-refractivity contribution in [1.82, 2.24) is 10.2 Å². The van der Waals surface area contributed by atoms with Gasteiger partial charge in [0.15, 0.2) is 0 Å². The lowest BCUT2D eigenvalue weighted by Gasteiger charge is -2.31. The summed E-state index contributed by atoms with van der Waals surface area (Å²) in [5, 5.41) is 11.1. The lowest BCUT2D eigenvalue weighted by atomic mass is 10.1. The normalized spacial score (nSPS) is 15.7. The minimum atomic E-state index is -1.00. The monoisotopic (exact) mass is 289 g/mol. The van der Waals surface area contributed by atoms with Gasteiger partial charge in [-0.05, 0) is 12.8 Å². The third kappa shape index (κ3) is 6.23. The van der Waals surface area contributed by atoms with Crippen LogP contribution < -0.4 is 11.1 Å². The molecular weight excluding hydrogens is 270 g/mol. The predicted molar refractivity (Wildman–Crippen MR) is 67.1 cm³/mol. The smallest absolute Gasteiger partial charge is 0.404 e. The molecule has 114 valence electrons. The Bertz CT molecular complexity index is 354. The number of aliphatic carboxylic acids is 1. The van der Waals surface area contributed by atoms with Gasteiger partial charge in [-0.2, -0.15) is 0 Å². The summed E-state index contributed by atoms with van der Waals surface area (Å²) in [4.78, 5) is 34.0. The van der Waals surface area contributed by atoms with Gasteiger partial charge in [-0.25, -0.2) is 14.4 Å². The van der Waals surface area contributed by atoms with Crippen LogP contribution in [0.3, 0.4) is 0 Å². The third-order valence-electron chi connectivity index (χ3n) is 2.79. The summed E-state index contributed by atoms with van der Waals surface area (Å²) in [6.07, 6.45) is 0.181. The number of rotatable bonds is 6. The molecule has 0 spiro atoms. The van der Waals surface area contributed by atoms with Crippen LogP contribution in [0, 0.1) is 0 Å². The number of likely N-dealkylation sites (tertiary alicyclic amines) is 1. The molecule has 1 aliphatic rings. The molecular formula is C11H19N3O6. The Morgan fingerprint density at radius 3 is 2.50 bits per heavy atom. The largest absolute Gasteiger partial charge is 0.480 e. The van der Waals surface area contributed by atoms with Crippen LogP contribution in [0.15, 0.2) is 0 Å². The molecule has 0 saturated carbocycles. The summed E-state index contributed by atoms with van der Waals surface area (Å²) < 4.78 is 9.65. The molecule has 0 aromatic heterocycles. The zero-order valence-electron chi connectivity index (χ0n) is 11.0. The highest BCUT2D eigenvalue weighted by Gasteiger charge is 2.23. The molecule has 20 heavy (non-hydrogen) atoms. The first-order valence-electron chi connectivity index (χ1n) is 6.27. The molecule has 0 radical (unpaired) electrons. The van der Waals surface area contributed by atoms with Crippen LogP contribution in [-0.4, -0.2) is 67.1 Å². The second-order valence-electron chi connectivity index (χ2n) is 4.29. The highest BCUT2D eigenvalue weighted by molar-refractivity contribution is 5.74. The number of nitrogens with one attached hydrogen (secondary N) is 1. The highest BCUT2D eigenvalue weighted by Crippen LogP contribution is 2.13. The summed E-state index contributed by atoms with van der Waals surface area (Å²) >= 11 is 0. The van der Waals surface area contributed by atoms with Crippen LogP contribution in [0.5, 0.6) is 0 Å². The maximum Gasteiger partial charge on any atom is 0.404 e. The SMILES string of the molecule is NC(=O)OCCNC(=O)N1CCC(OCC(=O)O)CC1. The molecule has 0 aliphatic carbocycles.